The molecule has 1 unspecified atom stereocenters. The summed E-state index contributed by atoms with van der Waals surface area (Å²) in [5.74, 6) is 1.60. The molecule has 0 saturated heterocycles. The van der Waals surface area contributed by atoms with Crippen molar-refractivity contribution in [1.82, 2.24) is 10.2 Å². The van der Waals surface area contributed by atoms with Crippen LogP contribution in [-0.2, 0) is 9.59 Å². The maximum absolute atomic E-state index is 13.6. The van der Waals surface area contributed by atoms with Gasteiger partial charge in [0.1, 0.15) is 5.75 Å². The van der Waals surface area contributed by atoms with Gasteiger partial charge in [-0.2, -0.15) is 0 Å². The minimum atomic E-state index is -0.178. The van der Waals surface area contributed by atoms with Crippen molar-refractivity contribution in [3.8, 4) is 11.5 Å². The summed E-state index contributed by atoms with van der Waals surface area (Å²) < 4.78 is 6.15. The highest BCUT2D eigenvalue weighted by Gasteiger charge is 2.29. The summed E-state index contributed by atoms with van der Waals surface area (Å²) in [4.78, 5) is 30.0. The minimum absolute atomic E-state index is 0.0149. The number of allylic oxidation sites excluding steroid dienone is 3. The Hall–Kier alpha value is -3.22. The van der Waals surface area contributed by atoms with Crippen LogP contribution in [0.1, 0.15) is 74.1 Å². The SMILES string of the molecule is C=CC1=C(/C=C\C)CC(N(C)C(=O)CN(CC(=O)NCCCC)c2cc(Cl)ccc2Oc2ccc(Cl)cc2)C1.CC.CC(C)C. The molecule has 0 radical (unpaired) electrons. The summed E-state index contributed by atoms with van der Waals surface area (Å²) in [5.41, 5.74) is 2.90. The highest BCUT2D eigenvalue weighted by molar-refractivity contribution is 6.31. The molecule has 3 rings (SSSR count). The molecule has 0 aromatic heterocycles. The van der Waals surface area contributed by atoms with Crippen LogP contribution >= 0.6 is 23.2 Å². The second kappa shape index (κ2) is 21.5. The number of amides is 2. The van der Waals surface area contributed by atoms with Crippen molar-refractivity contribution in [3.05, 3.63) is 88.5 Å². The van der Waals surface area contributed by atoms with Gasteiger partial charge >= 0.3 is 0 Å². The third kappa shape index (κ3) is 14.2. The quantitative estimate of drug-likeness (QED) is 0.218. The smallest absolute Gasteiger partial charge is 0.242 e. The monoisotopic (exact) mass is 657 g/mol. The van der Waals surface area contributed by atoms with Crippen LogP contribution in [0.5, 0.6) is 11.5 Å². The maximum atomic E-state index is 13.6. The Morgan fingerprint density at radius 3 is 2.20 bits per heavy atom. The zero-order chi connectivity index (χ0) is 33.9. The number of halogens is 2. The first-order valence-electron chi connectivity index (χ1n) is 16.0. The van der Waals surface area contributed by atoms with Crippen LogP contribution in [-0.4, -0.2) is 49.4 Å². The third-order valence-electron chi connectivity index (χ3n) is 6.70. The Bertz CT molecular complexity index is 1270. The molecule has 0 fully saturated rings. The van der Waals surface area contributed by atoms with Crippen LogP contribution < -0.4 is 15.0 Å². The largest absolute Gasteiger partial charge is 0.455 e. The van der Waals surface area contributed by atoms with E-state index in [-0.39, 0.29) is 30.9 Å². The van der Waals surface area contributed by atoms with E-state index in [2.05, 4.69) is 45.7 Å². The Kier molecular flexibility index (Phi) is 19.0. The lowest BCUT2D eigenvalue weighted by Gasteiger charge is -2.30. The molecule has 2 amide bonds. The minimum Gasteiger partial charge on any atom is -0.455 e. The predicted molar refractivity (Wildman–Crippen MR) is 193 cm³/mol. The second-order valence-electron chi connectivity index (χ2n) is 11.3. The van der Waals surface area contributed by atoms with E-state index in [1.54, 1.807) is 52.3 Å². The van der Waals surface area contributed by atoms with E-state index in [1.165, 1.54) is 5.57 Å². The summed E-state index contributed by atoms with van der Waals surface area (Å²) in [7, 11) is 1.81. The standard InChI is InChI=1S/C31H37Cl2N3O3.C4H10.C2H6/c1-5-8-16-34-30(37)20-36(21-31(38)35(4)26-17-22(7-3)23(18-26)9-6-2)28-19-25(33)12-15-29(28)39-27-13-10-24(32)11-14-27;1-4(2)3;1-2/h6-7,9-15,19,26H,3,5,8,16-18,20-21H2,1-2,4H3,(H,34,37);4H,1-3H3;1-2H3/b9-6-;;. The summed E-state index contributed by atoms with van der Waals surface area (Å²) >= 11 is 12.4. The van der Waals surface area contributed by atoms with E-state index < -0.39 is 0 Å². The lowest BCUT2D eigenvalue weighted by atomic mass is 10.1. The van der Waals surface area contributed by atoms with Gasteiger partial charge in [-0.25, -0.2) is 0 Å². The molecule has 45 heavy (non-hydrogen) atoms. The van der Waals surface area contributed by atoms with Crippen LogP contribution in [0.25, 0.3) is 0 Å². The molecule has 1 aliphatic carbocycles. The fourth-order valence-electron chi connectivity index (χ4n) is 4.50. The van der Waals surface area contributed by atoms with Gasteiger partial charge in [0, 0.05) is 29.7 Å². The van der Waals surface area contributed by atoms with Crippen molar-refractivity contribution in [1.29, 1.82) is 0 Å². The molecule has 1 atom stereocenters. The van der Waals surface area contributed by atoms with Gasteiger partial charge in [-0.05, 0) is 85.7 Å². The van der Waals surface area contributed by atoms with Crippen molar-refractivity contribution in [2.75, 3.05) is 31.6 Å². The van der Waals surface area contributed by atoms with Crippen LogP contribution in [0.2, 0.25) is 10.0 Å². The summed E-state index contributed by atoms with van der Waals surface area (Å²) in [5, 5.41) is 4.01. The lowest BCUT2D eigenvalue weighted by molar-refractivity contribution is -0.130. The number of benzene rings is 2. The molecule has 0 aliphatic heterocycles. The predicted octanol–water partition coefficient (Wildman–Crippen LogP) is 9.88. The van der Waals surface area contributed by atoms with Gasteiger partial charge in [-0.3, -0.25) is 9.59 Å². The maximum Gasteiger partial charge on any atom is 0.242 e. The first kappa shape index (κ1) is 39.8. The number of likely N-dealkylation sites (N-methyl/N-ethyl adjacent to an activating group) is 1. The van der Waals surface area contributed by atoms with Gasteiger partial charge in [-0.15, -0.1) is 0 Å². The molecular weight excluding hydrogens is 605 g/mol. The molecule has 2 aromatic carbocycles. The van der Waals surface area contributed by atoms with Crippen molar-refractivity contribution in [2.45, 2.75) is 80.2 Å². The number of hydrogen-bond acceptors (Lipinski definition) is 4. The molecule has 1 aliphatic rings. The highest BCUT2D eigenvalue weighted by atomic mass is 35.5. The van der Waals surface area contributed by atoms with Gasteiger partial charge in [0.2, 0.25) is 11.8 Å². The van der Waals surface area contributed by atoms with Gasteiger partial charge in [0.25, 0.3) is 0 Å². The zero-order valence-electron chi connectivity index (χ0n) is 28.5. The van der Waals surface area contributed by atoms with Crippen LogP contribution in [0.3, 0.4) is 0 Å². The number of nitrogens with one attached hydrogen (secondary N) is 1. The number of rotatable bonds is 13. The summed E-state index contributed by atoms with van der Waals surface area (Å²) in [6.07, 6.45) is 9.30. The Labute approximate surface area is 282 Å². The van der Waals surface area contributed by atoms with Crippen molar-refractivity contribution in [2.24, 2.45) is 5.92 Å². The molecule has 8 heteroatoms. The van der Waals surface area contributed by atoms with Gasteiger partial charge < -0.3 is 19.9 Å². The number of carbonyl (C=O) groups excluding carboxylic acids is 2. The van der Waals surface area contributed by atoms with Gasteiger partial charge in [-0.1, -0.05) is 96.0 Å². The number of anilines is 1. The van der Waals surface area contributed by atoms with Crippen molar-refractivity contribution < 1.29 is 14.3 Å². The molecule has 6 nitrogen and oxygen atoms in total. The van der Waals surface area contributed by atoms with E-state index in [0.717, 1.165) is 37.2 Å². The van der Waals surface area contributed by atoms with E-state index in [1.807, 2.05) is 40.0 Å². The third-order valence-corrected chi connectivity index (χ3v) is 7.18. The Balaban J connectivity index is 0.00000156. The molecule has 248 valence electrons. The topological polar surface area (TPSA) is 61.9 Å². The lowest BCUT2D eigenvalue weighted by Crippen LogP contribution is -2.46. The zero-order valence-corrected chi connectivity index (χ0v) is 30.0. The van der Waals surface area contributed by atoms with E-state index in [9.17, 15) is 9.59 Å². The number of carbonyl (C=O) groups is 2. The molecule has 0 heterocycles. The fourth-order valence-corrected chi connectivity index (χ4v) is 4.79. The summed E-state index contributed by atoms with van der Waals surface area (Å²) in [6, 6.07) is 12.2. The van der Waals surface area contributed by atoms with E-state index in [4.69, 9.17) is 27.9 Å². The van der Waals surface area contributed by atoms with E-state index in [0.29, 0.717) is 33.8 Å². The number of ether oxygens (including phenoxy) is 1. The highest BCUT2D eigenvalue weighted by Crippen LogP contribution is 2.36. The van der Waals surface area contributed by atoms with Crippen LogP contribution in [0.4, 0.5) is 5.69 Å². The first-order valence-corrected chi connectivity index (χ1v) is 16.7. The molecular formula is C37H53Cl2N3O3. The average molecular weight is 659 g/mol. The fraction of sp³-hybridized carbons (Fsp3) is 0.459. The normalized spacial score (nSPS) is 13.9. The molecule has 0 saturated carbocycles. The van der Waals surface area contributed by atoms with Crippen molar-refractivity contribution in [3.63, 3.8) is 0 Å². The van der Waals surface area contributed by atoms with Crippen molar-refractivity contribution >= 4 is 40.7 Å². The second-order valence-corrected chi connectivity index (χ2v) is 12.2. The van der Waals surface area contributed by atoms with Gasteiger partial charge in [0.05, 0.1) is 18.8 Å². The van der Waals surface area contributed by atoms with Crippen LogP contribution in [0, 0.1) is 5.92 Å². The first-order chi connectivity index (χ1) is 21.5. The van der Waals surface area contributed by atoms with Crippen LogP contribution in [0.15, 0.2) is 78.4 Å². The van der Waals surface area contributed by atoms with Gasteiger partial charge in [0.15, 0.2) is 5.75 Å². The summed E-state index contributed by atoms with van der Waals surface area (Å²) in [6.45, 7) is 19.0. The van der Waals surface area contributed by atoms with E-state index >= 15 is 0 Å². The molecule has 0 bridgehead atoms. The number of hydrogen-bond donors (Lipinski definition) is 1. The number of unbranched alkanes of at least 4 members (excludes halogenated alkanes) is 1. The average Bonchev–Trinajstić information content (AvgIpc) is 3.42. The molecule has 1 N–H and O–H groups in total. The Morgan fingerprint density at radius 1 is 1.02 bits per heavy atom. The molecule has 2 aromatic rings. The molecule has 0 spiro atoms. The Morgan fingerprint density at radius 2 is 1.62 bits per heavy atom. The number of nitrogens with zero attached hydrogens (tertiary/aromatic N) is 2.